The van der Waals surface area contributed by atoms with Crippen LogP contribution in [0, 0.1) is 0 Å². The SMILES string of the molecule is COc1cccc(C=NNc2ccccc2)c1OCCC1OCCO1. The molecule has 1 saturated heterocycles. The molecule has 1 aliphatic rings. The van der Waals surface area contributed by atoms with Crippen molar-refractivity contribution in [3.05, 3.63) is 54.1 Å². The van der Waals surface area contributed by atoms with Crippen LogP contribution >= 0.6 is 0 Å². The van der Waals surface area contributed by atoms with Crippen LogP contribution in [-0.2, 0) is 9.47 Å². The third-order valence-corrected chi connectivity index (χ3v) is 3.69. The van der Waals surface area contributed by atoms with Crippen molar-refractivity contribution in [2.24, 2.45) is 5.10 Å². The molecule has 6 heteroatoms. The van der Waals surface area contributed by atoms with Gasteiger partial charge in [0.05, 0.1) is 38.8 Å². The number of ether oxygens (including phenoxy) is 4. The number of nitrogens with one attached hydrogen (secondary N) is 1. The number of hydrazone groups is 1. The highest BCUT2D eigenvalue weighted by Gasteiger charge is 2.16. The Morgan fingerprint density at radius 1 is 1.12 bits per heavy atom. The predicted molar refractivity (Wildman–Crippen MR) is 96.5 cm³/mol. The first-order chi connectivity index (χ1) is 12.4. The molecule has 0 radical (unpaired) electrons. The number of hydrogen-bond acceptors (Lipinski definition) is 6. The Kier molecular flexibility index (Phi) is 6.25. The zero-order valence-corrected chi connectivity index (χ0v) is 14.2. The molecule has 0 saturated carbocycles. The second-order valence-electron chi connectivity index (χ2n) is 5.42. The molecule has 2 aromatic rings. The summed E-state index contributed by atoms with van der Waals surface area (Å²) >= 11 is 0. The third-order valence-electron chi connectivity index (χ3n) is 3.69. The molecule has 0 aliphatic carbocycles. The molecule has 2 aromatic carbocycles. The molecule has 1 fully saturated rings. The van der Waals surface area contributed by atoms with Gasteiger partial charge in [-0.3, -0.25) is 5.43 Å². The highest BCUT2D eigenvalue weighted by molar-refractivity contribution is 5.85. The van der Waals surface area contributed by atoms with E-state index in [1.165, 1.54) is 0 Å². The summed E-state index contributed by atoms with van der Waals surface area (Å²) in [5.74, 6) is 1.32. The van der Waals surface area contributed by atoms with Gasteiger partial charge in [-0.15, -0.1) is 0 Å². The van der Waals surface area contributed by atoms with E-state index in [1.54, 1.807) is 13.3 Å². The van der Waals surface area contributed by atoms with Crippen LogP contribution < -0.4 is 14.9 Å². The van der Waals surface area contributed by atoms with E-state index in [-0.39, 0.29) is 6.29 Å². The van der Waals surface area contributed by atoms with Crippen LogP contribution in [0.15, 0.2) is 53.6 Å². The number of methoxy groups -OCH3 is 1. The van der Waals surface area contributed by atoms with Crippen molar-refractivity contribution in [1.82, 2.24) is 0 Å². The van der Waals surface area contributed by atoms with Gasteiger partial charge in [-0.05, 0) is 24.3 Å². The zero-order valence-electron chi connectivity index (χ0n) is 14.2. The van der Waals surface area contributed by atoms with Crippen molar-refractivity contribution in [1.29, 1.82) is 0 Å². The summed E-state index contributed by atoms with van der Waals surface area (Å²) in [6, 6.07) is 15.4. The second-order valence-corrected chi connectivity index (χ2v) is 5.42. The van der Waals surface area contributed by atoms with E-state index in [0.717, 1.165) is 11.3 Å². The highest BCUT2D eigenvalue weighted by Crippen LogP contribution is 2.30. The molecule has 0 unspecified atom stereocenters. The van der Waals surface area contributed by atoms with Crippen LogP contribution in [0.5, 0.6) is 11.5 Å². The van der Waals surface area contributed by atoms with Crippen molar-refractivity contribution in [3.8, 4) is 11.5 Å². The molecule has 0 bridgehead atoms. The number of para-hydroxylation sites is 2. The van der Waals surface area contributed by atoms with Crippen LogP contribution in [0.1, 0.15) is 12.0 Å². The first-order valence-electron chi connectivity index (χ1n) is 8.24. The fourth-order valence-corrected chi connectivity index (χ4v) is 2.47. The summed E-state index contributed by atoms with van der Waals surface area (Å²) in [4.78, 5) is 0. The lowest BCUT2D eigenvalue weighted by atomic mass is 10.2. The zero-order chi connectivity index (χ0) is 17.3. The van der Waals surface area contributed by atoms with E-state index >= 15 is 0 Å². The summed E-state index contributed by atoms with van der Waals surface area (Å²) < 4.78 is 22.2. The molecule has 0 atom stereocenters. The van der Waals surface area contributed by atoms with Crippen LogP contribution in [0.25, 0.3) is 0 Å². The number of rotatable bonds is 8. The lowest BCUT2D eigenvalue weighted by molar-refractivity contribution is -0.0532. The average molecular weight is 342 g/mol. The molecule has 3 rings (SSSR count). The molecule has 1 N–H and O–H groups in total. The van der Waals surface area contributed by atoms with E-state index in [1.807, 2.05) is 48.5 Å². The fraction of sp³-hybridized carbons (Fsp3) is 0.316. The quantitative estimate of drug-likeness (QED) is 0.589. The summed E-state index contributed by atoms with van der Waals surface area (Å²) in [6.45, 7) is 1.75. The molecular weight excluding hydrogens is 320 g/mol. The van der Waals surface area contributed by atoms with Gasteiger partial charge in [0, 0.05) is 12.0 Å². The first kappa shape index (κ1) is 17.3. The van der Waals surface area contributed by atoms with E-state index in [0.29, 0.717) is 37.7 Å². The molecule has 132 valence electrons. The van der Waals surface area contributed by atoms with E-state index < -0.39 is 0 Å². The van der Waals surface area contributed by atoms with Gasteiger partial charge in [-0.25, -0.2) is 0 Å². The number of hydrogen-bond donors (Lipinski definition) is 1. The van der Waals surface area contributed by atoms with E-state index in [2.05, 4.69) is 10.5 Å². The predicted octanol–water partition coefficient (Wildman–Crippen LogP) is 3.28. The van der Waals surface area contributed by atoms with Gasteiger partial charge in [0.15, 0.2) is 17.8 Å². The second kappa shape index (κ2) is 9.05. The van der Waals surface area contributed by atoms with Crippen LogP contribution in [0.4, 0.5) is 5.69 Å². The van der Waals surface area contributed by atoms with Crippen molar-refractivity contribution >= 4 is 11.9 Å². The standard InChI is InChI=1S/C19H22N2O4/c1-22-17-9-5-6-15(14-20-21-16-7-3-2-4-8-16)19(17)25-11-10-18-23-12-13-24-18/h2-9,14,18,21H,10-13H2,1H3. The maximum atomic E-state index is 5.92. The number of benzene rings is 2. The Bertz CT molecular complexity index is 685. The Morgan fingerprint density at radius 2 is 1.92 bits per heavy atom. The molecular formula is C19H22N2O4. The molecule has 0 amide bonds. The normalized spacial score (nSPS) is 14.8. The number of nitrogens with zero attached hydrogens (tertiary/aromatic N) is 1. The van der Waals surface area contributed by atoms with Crippen molar-refractivity contribution < 1.29 is 18.9 Å². The Labute approximate surface area is 147 Å². The molecule has 25 heavy (non-hydrogen) atoms. The summed E-state index contributed by atoms with van der Waals surface area (Å²) in [6.07, 6.45) is 2.19. The molecule has 0 spiro atoms. The average Bonchev–Trinajstić information content (AvgIpc) is 3.17. The van der Waals surface area contributed by atoms with Crippen molar-refractivity contribution in [2.45, 2.75) is 12.7 Å². The monoisotopic (exact) mass is 342 g/mol. The van der Waals surface area contributed by atoms with Gasteiger partial charge in [0.25, 0.3) is 0 Å². The van der Waals surface area contributed by atoms with Crippen molar-refractivity contribution in [3.63, 3.8) is 0 Å². The smallest absolute Gasteiger partial charge is 0.169 e. The van der Waals surface area contributed by atoms with Gasteiger partial charge in [0.2, 0.25) is 0 Å². The lowest BCUT2D eigenvalue weighted by Gasteiger charge is -2.14. The molecule has 1 heterocycles. The Hall–Kier alpha value is -2.57. The largest absolute Gasteiger partial charge is 0.493 e. The topological polar surface area (TPSA) is 61.3 Å². The Balaban J connectivity index is 1.65. The highest BCUT2D eigenvalue weighted by atomic mass is 16.7. The van der Waals surface area contributed by atoms with Crippen LogP contribution in [0.2, 0.25) is 0 Å². The van der Waals surface area contributed by atoms with Crippen LogP contribution in [-0.4, -0.2) is 39.4 Å². The molecule has 1 aliphatic heterocycles. The molecule has 6 nitrogen and oxygen atoms in total. The summed E-state index contributed by atoms with van der Waals surface area (Å²) in [5.41, 5.74) is 4.74. The molecule has 0 aromatic heterocycles. The fourth-order valence-electron chi connectivity index (χ4n) is 2.47. The minimum absolute atomic E-state index is 0.188. The Morgan fingerprint density at radius 3 is 2.68 bits per heavy atom. The van der Waals surface area contributed by atoms with Gasteiger partial charge < -0.3 is 18.9 Å². The van der Waals surface area contributed by atoms with Crippen molar-refractivity contribution in [2.75, 3.05) is 32.4 Å². The van der Waals surface area contributed by atoms with Gasteiger partial charge in [0.1, 0.15) is 0 Å². The summed E-state index contributed by atoms with van der Waals surface area (Å²) in [5, 5.41) is 4.27. The minimum atomic E-state index is -0.188. The maximum absolute atomic E-state index is 5.92. The lowest BCUT2D eigenvalue weighted by Crippen LogP contribution is -2.13. The van der Waals surface area contributed by atoms with Gasteiger partial charge in [-0.1, -0.05) is 24.3 Å². The minimum Gasteiger partial charge on any atom is -0.493 e. The van der Waals surface area contributed by atoms with E-state index in [9.17, 15) is 0 Å². The van der Waals surface area contributed by atoms with Gasteiger partial charge in [-0.2, -0.15) is 5.10 Å². The number of anilines is 1. The van der Waals surface area contributed by atoms with Crippen LogP contribution in [0.3, 0.4) is 0 Å². The maximum Gasteiger partial charge on any atom is 0.169 e. The third kappa shape index (κ3) is 4.95. The summed E-state index contributed by atoms with van der Waals surface area (Å²) in [7, 11) is 1.62. The first-order valence-corrected chi connectivity index (χ1v) is 8.24. The van der Waals surface area contributed by atoms with Gasteiger partial charge >= 0.3 is 0 Å². The van der Waals surface area contributed by atoms with E-state index in [4.69, 9.17) is 18.9 Å².